The Hall–Kier alpha value is -2.32. The van der Waals surface area contributed by atoms with Gasteiger partial charge >= 0.3 is 0 Å². The van der Waals surface area contributed by atoms with Gasteiger partial charge in [-0.3, -0.25) is 9.48 Å². The number of halogens is 1. The van der Waals surface area contributed by atoms with Gasteiger partial charge in [0.25, 0.3) is 5.91 Å². The molecule has 4 rings (SSSR count). The summed E-state index contributed by atoms with van der Waals surface area (Å²) in [7, 11) is 3.44. The van der Waals surface area contributed by atoms with Gasteiger partial charge in [0.05, 0.1) is 28.6 Å². The van der Waals surface area contributed by atoms with E-state index in [9.17, 15) is 4.79 Å². The first-order valence-electron chi connectivity index (χ1n) is 8.72. The SMILES string of the molecule is COc1ccc(Cl)c2sc(N3CCC(NC(=O)c4cnn(C)c4)CC3)nc12. The highest BCUT2D eigenvalue weighted by Crippen LogP contribution is 2.39. The molecule has 2 aromatic heterocycles. The van der Waals surface area contributed by atoms with Crippen molar-refractivity contribution < 1.29 is 9.53 Å². The van der Waals surface area contributed by atoms with Gasteiger partial charge in [-0.2, -0.15) is 5.10 Å². The molecule has 0 saturated carbocycles. The Bertz CT molecular complexity index is 977. The normalized spacial score (nSPS) is 15.3. The van der Waals surface area contributed by atoms with Gasteiger partial charge in [-0.1, -0.05) is 22.9 Å². The Morgan fingerprint density at radius 1 is 1.37 bits per heavy atom. The zero-order valence-electron chi connectivity index (χ0n) is 15.1. The molecule has 27 heavy (non-hydrogen) atoms. The van der Waals surface area contributed by atoms with Gasteiger partial charge in [0.15, 0.2) is 5.13 Å². The van der Waals surface area contributed by atoms with Crippen LogP contribution >= 0.6 is 22.9 Å². The van der Waals surface area contributed by atoms with Crippen LogP contribution in [0.15, 0.2) is 24.5 Å². The molecule has 3 heterocycles. The number of methoxy groups -OCH3 is 1. The van der Waals surface area contributed by atoms with Gasteiger partial charge in [-0.25, -0.2) is 4.98 Å². The summed E-state index contributed by atoms with van der Waals surface area (Å²) in [5.41, 5.74) is 1.39. The first-order valence-corrected chi connectivity index (χ1v) is 9.92. The lowest BCUT2D eigenvalue weighted by atomic mass is 10.1. The minimum absolute atomic E-state index is 0.0712. The monoisotopic (exact) mass is 405 g/mol. The third-order valence-electron chi connectivity index (χ3n) is 4.73. The molecule has 0 atom stereocenters. The van der Waals surface area contributed by atoms with Gasteiger partial charge in [-0.05, 0) is 25.0 Å². The highest BCUT2D eigenvalue weighted by molar-refractivity contribution is 7.22. The standard InChI is InChI=1S/C18H20ClN5O2S/c1-23-10-11(9-20-23)17(25)21-12-5-7-24(8-6-12)18-22-15-14(26-2)4-3-13(19)16(15)27-18/h3-4,9-10,12H,5-8H2,1-2H3,(H,21,25). The van der Waals surface area contributed by atoms with Gasteiger partial charge in [0.1, 0.15) is 11.3 Å². The fourth-order valence-electron chi connectivity index (χ4n) is 3.26. The second kappa shape index (κ2) is 7.36. The van der Waals surface area contributed by atoms with Crippen molar-refractivity contribution in [2.45, 2.75) is 18.9 Å². The summed E-state index contributed by atoms with van der Waals surface area (Å²) in [6.07, 6.45) is 5.05. The van der Waals surface area contributed by atoms with Crippen LogP contribution in [0.3, 0.4) is 0 Å². The number of carbonyl (C=O) groups excluding carboxylic acids is 1. The highest BCUT2D eigenvalue weighted by atomic mass is 35.5. The Labute approximate surface area is 165 Å². The Balaban J connectivity index is 1.42. The molecular weight excluding hydrogens is 386 g/mol. The summed E-state index contributed by atoms with van der Waals surface area (Å²) in [6.45, 7) is 1.66. The molecule has 0 bridgehead atoms. The molecule has 9 heteroatoms. The number of amides is 1. The average molecular weight is 406 g/mol. The van der Waals surface area contributed by atoms with Gasteiger partial charge in [0, 0.05) is 32.4 Å². The summed E-state index contributed by atoms with van der Waals surface area (Å²) in [6, 6.07) is 3.83. The molecule has 1 saturated heterocycles. The summed E-state index contributed by atoms with van der Waals surface area (Å²) in [5, 5.41) is 8.77. The Morgan fingerprint density at radius 2 is 2.15 bits per heavy atom. The van der Waals surface area contributed by atoms with Crippen LogP contribution in [0.25, 0.3) is 10.2 Å². The van der Waals surface area contributed by atoms with Crippen molar-refractivity contribution in [2.75, 3.05) is 25.1 Å². The van der Waals surface area contributed by atoms with Gasteiger partial charge in [0.2, 0.25) is 0 Å². The second-order valence-electron chi connectivity index (χ2n) is 6.56. The van der Waals surface area contributed by atoms with Crippen molar-refractivity contribution in [2.24, 2.45) is 7.05 Å². The number of aryl methyl sites for hydroxylation is 1. The lowest BCUT2D eigenvalue weighted by molar-refractivity contribution is 0.0931. The Kier molecular flexibility index (Phi) is 4.92. The molecule has 1 N–H and O–H groups in total. The maximum Gasteiger partial charge on any atom is 0.254 e. The van der Waals surface area contributed by atoms with E-state index in [0.29, 0.717) is 10.6 Å². The van der Waals surface area contributed by atoms with Crippen molar-refractivity contribution in [1.82, 2.24) is 20.1 Å². The topological polar surface area (TPSA) is 72.3 Å². The quantitative estimate of drug-likeness (QED) is 0.722. The summed E-state index contributed by atoms with van der Waals surface area (Å²) >= 11 is 7.90. The molecule has 1 fully saturated rings. The molecule has 142 valence electrons. The van der Waals surface area contributed by atoms with Crippen molar-refractivity contribution >= 4 is 44.2 Å². The molecule has 1 aromatic carbocycles. The first-order chi connectivity index (χ1) is 13.0. The predicted molar refractivity (Wildman–Crippen MR) is 107 cm³/mol. The molecule has 0 spiro atoms. The van der Waals surface area contributed by atoms with Crippen LogP contribution in [0.1, 0.15) is 23.2 Å². The average Bonchev–Trinajstić information content (AvgIpc) is 3.30. The van der Waals surface area contributed by atoms with E-state index in [4.69, 9.17) is 21.3 Å². The number of ether oxygens (including phenoxy) is 1. The number of rotatable bonds is 4. The number of carbonyl (C=O) groups is 1. The number of hydrogen-bond donors (Lipinski definition) is 1. The van der Waals surface area contributed by atoms with Crippen LogP contribution in [0.5, 0.6) is 5.75 Å². The number of aromatic nitrogens is 3. The second-order valence-corrected chi connectivity index (χ2v) is 7.95. The number of hydrogen-bond acceptors (Lipinski definition) is 6. The van der Waals surface area contributed by atoms with Crippen LogP contribution < -0.4 is 15.0 Å². The molecule has 0 aliphatic carbocycles. The van der Waals surface area contributed by atoms with Crippen LogP contribution in [0.4, 0.5) is 5.13 Å². The molecule has 3 aromatic rings. The smallest absolute Gasteiger partial charge is 0.254 e. The first kappa shape index (κ1) is 18.1. The molecule has 1 aliphatic rings. The van der Waals surface area contributed by atoms with Crippen molar-refractivity contribution in [3.63, 3.8) is 0 Å². The van der Waals surface area contributed by atoms with Crippen molar-refractivity contribution in [1.29, 1.82) is 0 Å². The number of fused-ring (bicyclic) bond motifs is 1. The summed E-state index contributed by atoms with van der Waals surface area (Å²) in [5.74, 6) is 0.661. The zero-order valence-corrected chi connectivity index (χ0v) is 16.7. The van der Waals surface area contributed by atoms with Crippen LogP contribution in [-0.4, -0.2) is 46.9 Å². The lowest BCUT2D eigenvalue weighted by Crippen LogP contribution is -2.44. The lowest BCUT2D eigenvalue weighted by Gasteiger charge is -2.32. The van der Waals surface area contributed by atoms with E-state index in [0.717, 1.165) is 47.0 Å². The van der Waals surface area contributed by atoms with Crippen LogP contribution in [0, 0.1) is 0 Å². The van der Waals surface area contributed by atoms with Crippen LogP contribution in [0.2, 0.25) is 5.02 Å². The van der Waals surface area contributed by atoms with E-state index in [1.165, 1.54) is 0 Å². The number of benzene rings is 1. The molecule has 1 aliphatic heterocycles. The molecule has 0 unspecified atom stereocenters. The predicted octanol–water partition coefficient (Wildman–Crippen LogP) is 3.09. The zero-order chi connectivity index (χ0) is 19.0. The van der Waals surface area contributed by atoms with Crippen molar-refractivity contribution in [3.05, 3.63) is 35.1 Å². The van der Waals surface area contributed by atoms with E-state index in [1.54, 1.807) is 42.6 Å². The molecule has 1 amide bonds. The minimum Gasteiger partial charge on any atom is -0.494 e. The number of thiazole rings is 1. The van der Waals surface area contributed by atoms with Crippen molar-refractivity contribution in [3.8, 4) is 5.75 Å². The number of anilines is 1. The third-order valence-corrected chi connectivity index (χ3v) is 6.31. The van der Waals surface area contributed by atoms with Crippen LogP contribution in [-0.2, 0) is 7.05 Å². The van der Waals surface area contributed by atoms with Gasteiger partial charge < -0.3 is 15.0 Å². The Morgan fingerprint density at radius 3 is 2.81 bits per heavy atom. The largest absolute Gasteiger partial charge is 0.494 e. The summed E-state index contributed by atoms with van der Waals surface area (Å²) < 4.78 is 7.97. The molecule has 0 radical (unpaired) electrons. The molecule has 7 nitrogen and oxygen atoms in total. The van der Waals surface area contributed by atoms with E-state index < -0.39 is 0 Å². The highest BCUT2D eigenvalue weighted by Gasteiger charge is 2.24. The third kappa shape index (κ3) is 3.59. The van der Waals surface area contributed by atoms with E-state index in [2.05, 4.69) is 15.3 Å². The van der Waals surface area contributed by atoms with E-state index in [1.807, 2.05) is 12.1 Å². The maximum absolute atomic E-state index is 12.3. The van der Waals surface area contributed by atoms with E-state index >= 15 is 0 Å². The number of nitrogens with zero attached hydrogens (tertiary/aromatic N) is 4. The fourth-order valence-corrected chi connectivity index (χ4v) is 4.57. The number of nitrogens with one attached hydrogen (secondary N) is 1. The minimum atomic E-state index is -0.0712. The van der Waals surface area contributed by atoms with E-state index in [-0.39, 0.29) is 11.9 Å². The molecular formula is C18H20ClN5O2S. The number of piperidine rings is 1. The maximum atomic E-state index is 12.3. The fraction of sp³-hybridized carbons (Fsp3) is 0.389. The van der Waals surface area contributed by atoms with Gasteiger partial charge in [-0.15, -0.1) is 0 Å². The summed E-state index contributed by atoms with van der Waals surface area (Å²) in [4.78, 5) is 19.3.